The lowest BCUT2D eigenvalue weighted by molar-refractivity contribution is 0.313. The monoisotopic (exact) mass is 354 g/mol. The summed E-state index contributed by atoms with van der Waals surface area (Å²) in [5.41, 5.74) is 1.10. The summed E-state index contributed by atoms with van der Waals surface area (Å²) < 4.78 is 28.1. The normalized spacial score (nSPS) is 11.8. The summed E-state index contributed by atoms with van der Waals surface area (Å²) in [6.07, 6.45) is 0.388. The average Bonchev–Trinajstić information content (AvgIpc) is 2.24. The molecule has 102 valence electrons. The van der Waals surface area contributed by atoms with Crippen molar-refractivity contribution in [1.82, 2.24) is 0 Å². The summed E-state index contributed by atoms with van der Waals surface area (Å²) in [4.78, 5) is 0. The molecule has 0 saturated carbocycles. The smallest absolute Gasteiger partial charge is 0.232 e. The van der Waals surface area contributed by atoms with E-state index in [0.717, 1.165) is 15.8 Å². The van der Waals surface area contributed by atoms with Gasteiger partial charge in [-0.15, -0.1) is 0 Å². The number of rotatable bonds is 6. The Hall–Kier alpha value is -0.260. The molecule has 0 aliphatic rings. The summed E-state index contributed by atoms with van der Waals surface area (Å²) in [6.45, 7) is 4.50. The Morgan fingerprint density at radius 1 is 1.39 bits per heavy atom. The minimum absolute atomic E-state index is 0.0674. The second-order valence-electron chi connectivity index (χ2n) is 4.28. The van der Waals surface area contributed by atoms with Crippen molar-refractivity contribution in [3.63, 3.8) is 0 Å². The molecular formula is C12H16BrClO3S. The summed E-state index contributed by atoms with van der Waals surface area (Å²) in [5, 5.41) is 0. The maximum Gasteiger partial charge on any atom is 0.232 e. The van der Waals surface area contributed by atoms with Crippen LogP contribution in [0.4, 0.5) is 0 Å². The Labute approximate surface area is 121 Å². The molecule has 0 saturated heterocycles. The van der Waals surface area contributed by atoms with Gasteiger partial charge in [0.25, 0.3) is 0 Å². The second kappa shape index (κ2) is 6.78. The summed E-state index contributed by atoms with van der Waals surface area (Å²) >= 11 is 3.42. The first-order valence-electron chi connectivity index (χ1n) is 5.64. The average molecular weight is 356 g/mol. The van der Waals surface area contributed by atoms with Crippen LogP contribution in [0, 0.1) is 0 Å². The van der Waals surface area contributed by atoms with Gasteiger partial charge in [-0.05, 0) is 36.1 Å². The third kappa shape index (κ3) is 5.59. The van der Waals surface area contributed by atoms with Crippen LogP contribution in [0.25, 0.3) is 0 Å². The Balaban J connectivity index is 2.62. The van der Waals surface area contributed by atoms with E-state index < -0.39 is 9.05 Å². The lowest BCUT2D eigenvalue weighted by atomic mass is 10.0. The van der Waals surface area contributed by atoms with Crippen LogP contribution in [-0.4, -0.2) is 20.8 Å². The van der Waals surface area contributed by atoms with Crippen LogP contribution in [0.3, 0.4) is 0 Å². The molecule has 0 spiro atoms. The van der Waals surface area contributed by atoms with Crippen LogP contribution in [0.5, 0.6) is 5.75 Å². The Morgan fingerprint density at radius 2 is 2.06 bits per heavy atom. The molecule has 0 N–H and O–H groups in total. The fourth-order valence-corrected chi connectivity index (χ4v) is 2.68. The van der Waals surface area contributed by atoms with Gasteiger partial charge in [0.15, 0.2) is 0 Å². The predicted molar refractivity (Wildman–Crippen MR) is 78.0 cm³/mol. The maximum absolute atomic E-state index is 10.8. The van der Waals surface area contributed by atoms with E-state index in [0.29, 0.717) is 18.9 Å². The quantitative estimate of drug-likeness (QED) is 0.574. The second-order valence-corrected chi connectivity index (χ2v) is 8.09. The topological polar surface area (TPSA) is 43.4 Å². The van der Waals surface area contributed by atoms with Gasteiger partial charge in [0.1, 0.15) is 5.75 Å². The molecule has 0 aliphatic heterocycles. The Bertz CT molecular complexity index is 500. The van der Waals surface area contributed by atoms with Crippen molar-refractivity contribution >= 4 is 35.7 Å². The first-order valence-corrected chi connectivity index (χ1v) is 8.91. The molecule has 1 aromatic rings. The molecular weight excluding hydrogens is 340 g/mol. The molecule has 0 unspecified atom stereocenters. The highest BCUT2D eigenvalue weighted by Crippen LogP contribution is 2.29. The number of hydrogen-bond donors (Lipinski definition) is 0. The van der Waals surface area contributed by atoms with Gasteiger partial charge in [0.05, 0.1) is 12.4 Å². The van der Waals surface area contributed by atoms with Crippen molar-refractivity contribution in [3.05, 3.63) is 28.2 Å². The van der Waals surface area contributed by atoms with E-state index >= 15 is 0 Å². The predicted octanol–water partition coefficient (Wildman–Crippen LogP) is 3.91. The highest BCUT2D eigenvalue weighted by molar-refractivity contribution is 9.10. The van der Waals surface area contributed by atoms with E-state index in [9.17, 15) is 8.42 Å². The van der Waals surface area contributed by atoms with Crippen LogP contribution in [0.15, 0.2) is 22.7 Å². The molecule has 0 fully saturated rings. The van der Waals surface area contributed by atoms with Crippen molar-refractivity contribution in [3.8, 4) is 5.75 Å². The van der Waals surface area contributed by atoms with Crippen molar-refractivity contribution in [2.24, 2.45) is 0 Å². The van der Waals surface area contributed by atoms with Crippen LogP contribution in [0.2, 0.25) is 0 Å². The largest absolute Gasteiger partial charge is 0.493 e. The summed E-state index contributed by atoms with van der Waals surface area (Å²) in [7, 11) is 1.70. The van der Waals surface area contributed by atoms with E-state index in [4.69, 9.17) is 15.4 Å². The third-order valence-electron chi connectivity index (χ3n) is 2.38. The number of benzene rings is 1. The molecule has 1 aromatic carbocycles. The number of ether oxygens (including phenoxy) is 1. The van der Waals surface area contributed by atoms with Gasteiger partial charge in [-0.25, -0.2) is 8.42 Å². The highest BCUT2D eigenvalue weighted by atomic mass is 79.9. The van der Waals surface area contributed by atoms with Crippen molar-refractivity contribution in [2.45, 2.75) is 26.2 Å². The minimum atomic E-state index is -3.43. The standard InChI is InChI=1S/C12H16BrClO3S/c1-9(2)11-8-10(13)4-5-12(11)17-6-3-7-18(14,15)16/h4-5,8-9H,3,6-7H2,1-2H3. The maximum atomic E-state index is 10.8. The minimum Gasteiger partial charge on any atom is -0.493 e. The van der Waals surface area contributed by atoms with Crippen molar-refractivity contribution < 1.29 is 13.2 Å². The lowest BCUT2D eigenvalue weighted by Crippen LogP contribution is -2.06. The van der Waals surface area contributed by atoms with Gasteiger partial charge >= 0.3 is 0 Å². The molecule has 0 bridgehead atoms. The van der Waals surface area contributed by atoms with E-state index in [-0.39, 0.29) is 5.75 Å². The molecule has 6 heteroatoms. The van der Waals surface area contributed by atoms with Gasteiger partial charge in [0.2, 0.25) is 9.05 Å². The van der Waals surface area contributed by atoms with Gasteiger partial charge in [-0.3, -0.25) is 0 Å². The molecule has 0 heterocycles. The molecule has 0 aromatic heterocycles. The van der Waals surface area contributed by atoms with Crippen LogP contribution in [-0.2, 0) is 9.05 Å². The number of halogens is 2. The van der Waals surface area contributed by atoms with Crippen LogP contribution in [0.1, 0.15) is 31.7 Å². The third-order valence-corrected chi connectivity index (χ3v) is 4.12. The van der Waals surface area contributed by atoms with E-state index in [2.05, 4.69) is 29.8 Å². The lowest BCUT2D eigenvalue weighted by Gasteiger charge is -2.14. The SMILES string of the molecule is CC(C)c1cc(Br)ccc1OCCCS(=O)(=O)Cl. The van der Waals surface area contributed by atoms with Crippen molar-refractivity contribution in [2.75, 3.05) is 12.4 Å². The first kappa shape index (κ1) is 15.8. The fourth-order valence-electron chi connectivity index (χ4n) is 1.52. The van der Waals surface area contributed by atoms with Gasteiger partial charge in [-0.2, -0.15) is 0 Å². The molecule has 0 atom stereocenters. The molecule has 0 amide bonds. The molecule has 18 heavy (non-hydrogen) atoms. The zero-order chi connectivity index (χ0) is 13.8. The zero-order valence-corrected chi connectivity index (χ0v) is 13.5. The zero-order valence-electron chi connectivity index (χ0n) is 10.3. The van der Waals surface area contributed by atoms with E-state index in [1.54, 1.807) is 0 Å². The van der Waals surface area contributed by atoms with Gasteiger partial charge in [0, 0.05) is 15.2 Å². The molecule has 3 nitrogen and oxygen atoms in total. The number of hydrogen-bond acceptors (Lipinski definition) is 3. The highest BCUT2D eigenvalue weighted by Gasteiger charge is 2.09. The van der Waals surface area contributed by atoms with Gasteiger partial charge in [-0.1, -0.05) is 29.8 Å². The van der Waals surface area contributed by atoms with Gasteiger partial charge < -0.3 is 4.74 Å². The van der Waals surface area contributed by atoms with E-state index in [1.807, 2.05) is 18.2 Å². The summed E-state index contributed by atoms with van der Waals surface area (Å²) in [5.74, 6) is 1.07. The molecule has 0 radical (unpaired) electrons. The van der Waals surface area contributed by atoms with Crippen LogP contribution >= 0.6 is 26.6 Å². The Kier molecular flexibility index (Phi) is 5.95. The molecule has 1 rings (SSSR count). The molecule has 0 aliphatic carbocycles. The van der Waals surface area contributed by atoms with Crippen LogP contribution < -0.4 is 4.74 Å². The van der Waals surface area contributed by atoms with Crippen molar-refractivity contribution in [1.29, 1.82) is 0 Å². The first-order chi connectivity index (χ1) is 8.29. The summed E-state index contributed by atoms with van der Waals surface area (Å²) in [6, 6.07) is 5.80. The Morgan fingerprint density at radius 3 is 2.61 bits per heavy atom. The fraction of sp³-hybridized carbons (Fsp3) is 0.500. The van der Waals surface area contributed by atoms with E-state index in [1.165, 1.54) is 0 Å².